The Morgan fingerprint density at radius 3 is 1.76 bits per heavy atom. The molecule has 1 heteroatoms. The van der Waals surface area contributed by atoms with Crippen molar-refractivity contribution in [1.29, 1.82) is 0 Å². The van der Waals surface area contributed by atoms with Gasteiger partial charge in [-0.2, -0.15) is 0 Å². The van der Waals surface area contributed by atoms with Crippen LogP contribution >= 0.6 is 0 Å². The van der Waals surface area contributed by atoms with E-state index >= 15 is 0 Å². The number of benzene rings is 1. The van der Waals surface area contributed by atoms with Crippen molar-refractivity contribution in [3.63, 3.8) is 0 Å². The average molecular weight is 290 g/mol. The molecule has 0 bridgehead atoms. The van der Waals surface area contributed by atoms with Crippen molar-refractivity contribution < 1.29 is 0 Å². The Hall–Kier alpha value is -0.820. The first-order valence-electron chi connectivity index (χ1n) is 8.63. The van der Waals surface area contributed by atoms with Crippen LogP contribution < -0.4 is 5.32 Å². The highest BCUT2D eigenvalue weighted by molar-refractivity contribution is 5.28. The highest BCUT2D eigenvalue weighted by Gasteiger charge is 2.22. The zero-order valence-corrected chi connectivity index (χ0v) is 15.2. The molecule has 1 N–H and O–H groups in total. The molecule has 0 aliphatic carbocycles. The van der Waals surface area contributed by atoms with Crippen molar-refractivity contribution in [2.24, 2.45) is 5.92 Å². The van der Waals surface area contributed by atoms with E-state index in [2.05, 4.69) is 78.0 Å². The summed E-state index contributed by atoms with van der Waals surface area (Å²) in [6.45, 7) is 17.0. The number of hydrogen-bond acceptors (Lipinski definition) is 1. The van der Waals surface area contributed by atoms with Crippen molar-refractivity contribution in [1.82, 2.24) is 5.32 Å². The van der Waals surface area contributed by atoms with Gasteiger partial charge in [0.05, 0.1) is 0 Å². The van der Waals surface area contributed by atoms with Gasteiger partial charge in [-0.3, -0.25) is 0 Å². The molecule has 0 spiro atoms. The lowest BCUT2D eigenvalue weighted by Gasteiger charge is -2.30. The normalized spacial score (nSPS) is 14.0. The van der Waals surface area contributed by atoms with Crippen molar-refractivity contribution in [3.05, 3.63) is 35.4 Å². The Morgan fingerprint density at radius 2 is 1.38 bits per heavy atom. The number of hydrogen-bond donors (Lipinski definition) is 1. The van der Waals surface area contributed by atoms with E-state index in [1.165, 1.54) is 24.0 Å². The summed E-state index contributed by atoms with van der Waals surface area (Å²) in [6.07, 6.45) is 2.50. The molecule has 0 aromatic heterocycles. The van der Waals surface area contributed by atoms with Gasteiger partial charge in [0.1, 0.15) is 0 Å². The maximum Gasteiger partial charge on any atom is 0.00967 e. The van der Waals surface area contributed by atoms with Crippen LogP contribution in [0, 0.1) is 5.92 Å². The Morgan fingerprint density at radius 1 is 0.905 bits per heavy atom. The highest BCUT2D eigenvalue weighted by atomic mass is 14.9. The van der Waals surface area contributed by atoms with Gasteiger partial charge < -0.3 is 5.32 Å². The van der Waals surface area contributed by atoms with Gasteiger partial charge in [-0.25, -0.2) is 0 Å². The summed E-state index contributed by atoms with van der Waals surface area (Å²) in [5, 5.41) is 3.71. The molecule has 0 saturated carbocycles. The molecule has 0 amide bonds. The third-order valence-corrected chi connectivity index (χ3v) is 4.50. The molecule has 0 fully saturated rings. The van der Waals surface area contributed by atoms with Crippen LogP contribution in [0.1, 0.15) is 84.3 Å². The topological polar surface area (TPSA) is 12.0 Å². The van der Waals surface area contributed by atoms with E-state index in [9.17, 15) is 0 Å². The molecule has 0 radical (unpaired) electrons. The molecular weight excluding hydrogens is 254 g/mol. The molecule has 0 saturated heterocycles. The molecule has 1 rings (SSSR count). The predicted octanol–water partition coefficient (Wildman–Crippen LogP) is 5.72. The highest BCUT2D eigenvalue weighted by Crippen LogP contribution is 2.30. The molecule has 120 valence electrons. The Bertz CT molecular complexity index is 393. The first-order valence-corrected chi connectivity index (χ1v) is 8.63. The van der Waals surface area contributed by atoms with Crippen molar-refractivity contribution >= 4 is 0 Å². The van der Waals surface area contributed by atoms with Gasteiger partial charge in [-0.1, -0.05) is 64.8 Å². The second kappa shape index (κ2) is 7.98. The van der Waals surface area contributed by atoms with E-state index < -0.39 is 0 Å². The second-order valence-electron chi connectivity index (χ2n) is 7.64. The van der Waals surface area contributed by atoms with Crippen LogP contribution in [0.4, 0.5) is 0 Å². The zero-order valence-electron chi connectivity index (χ0n) is 15.2. The molecule has 1 nitrogen and oxygen atoms in total. The third-order valence-electron chi connectivity index (χ3n) is 4.50. The summed E-state index contributed by atoms with van der Waals surface area (Å²) in [4.78, 5) is 0. The Balaban J connectivity index is 2.94. The van der Waals surface area contributed by atoms with Crippen LogP contribution in [0.3, 0.4) is 0 Å². The Kier molecular flexibility index (Phi) is 6.93. The van der Waals surface area contributed by atoms with Crippen LogP contribution in [0.2, 0.25) is 0 Å². The number of rotatable bonds is 7. The summed E-state index contributed by atoms with van der Waals surface area (Å²) in [7, 11) is 0. The monoisotopic (exact) mass is 289 g/mol. The maximum atomic E-state index is 3.71. The third kappa shape index (κ3) is 5.82. The maximum absolute atomic E-state index is 3.71. The molecule has 0 heterocycles. The number of nitrogens with one attached hydrogen (secondary N) is 1. The lowest BCUT2D eigenvalue weighted by atomic mass is 9.81. The minimum atomic E-state index is 0.183. The lowest BCUT2D eigenvalue weighted by Crippen LogP contribution is -2.40. The summed E-state index contributed by atoms with van der Waals surface area (Å²) in [5.41, 5.74) is 3.11. The van der Waals surface area contributed by atoms with Gasteiger partial charge in [0.25, 0.3) is 0 Å². The molecule has 21 heavy (non-hydrogen) atoms. The summed E-state index contributed by atoms with van der Waals surface area (Å²) < 4.78 is 0. The van der Waals surface area contributed by atoms with E-state index in [0.29, 0.717) is 11.8 Å². The molecule has 0 aliphatic rings. The Labute approximate surface area is 132 Å². The lowest BCUT2D eigenvalue weighted by molar-refractivity contribution is 0.335. The fourth-order valence-electron chi connectivity index (χ4n) is 2.96. The molecule has 1 atom stereocenters. The van der Waals surface area contributed by atoms with Gasteiger partial charge in [-0.05, 0) is 49.7 Å². The van der Waals surface area contributed by atoms with Gasteiger partial charge in [0, 0.05) is 12.1 Å². The molecule has 1 unspecified atom stereocenters. The van der Waals surface area contributed by atoms with Crippen molar-refractivity contribution in [2.45, 2.75) is 78.7 Å². The minimum Gasteiger partial charge on any atom is -0.311 e. The fraction of sp³-hybridized carbons (Fsp3) is 0.700. The van der Waals surface area contributed by atoms with Gasteiger partial charge in [0.15, 0.2) is 0 Å². The van der Waals surface area contributed by atoms with Crippen LogP contribution in [0.25, 0.3) is 0 Å². The van der Waals surface area contributed by atoms with Crippen molar-refractivity contribution in [2.75, 3.05) is 6.54 Å². The molecule has 1 aromatic rings. The van der Waals surface area contributed by atoms with Crippen LogP contribution in [0.15, 0.2) is 24.3 Å². The van der Waals surface area contributed by atoms with E-state index in [4.69, 9.17) is 0 Å². The first-order chi connectivity index (χ1) is 9.78. The summed E-state index contributed by atoms with van der Waals surface area (Å²) in [5.74, 6) is 1.98. The average Bonchev–Trinajstić information content (AvgIpc) is 2.42. The molecule has 1 aromatic carbocycles. The van der Waals surface area contributed by atoms with E-state index in [0.717, 1.165) is 12.5 Å². The largest absolute Gasteiger partial charge is 0.311 e. The molecular formula is C20H35N. The smallest absolute Gasteiger partial charge is 0.00967 e. The van der Waals surface area contributed by atoms with Crippen LogP contribution in [0.5, 0.6) is 0 Å². The SMILES string of the molecule is CCC(CC)C(CNC(C)(C)C)c1ccc(C(C)C)cc1. The first kappa shape index (κ1) is 18.2. The van der Waals surface area contributed by atoms with Crippen LogP contribution in [-0.4, -0.2) is 12.1 Å². The van der Waals surface area contributed by atoms with Crippen molar-refractivity contribution in [3.8, 4) is 0 Å². The van der Waals surface area contributed by atoms with E-state index in [1.807, 2.05) is 0 Å². The van der Waals surface area contributed by atoms with Gasteiger partial charge in [-0.15, -0.1) is 0 Å². The van der Waals surface area contributed by atoms with E-state index in [1.54, 1.807) is 0 Å². The van der Waals surface area contributed by atoms with Crippen LogP contribution in [-0.2, 0) is 0 Å². The summed E-state index contributed by atoms with van der Waals surface area (Å²) in [6, 6.07) is 9.32. The minimum absolute atomic E-state index is 0.183. The standard InChI is InChI=1S/C20H35N/c1-8-16(9-2)19(14-21-20(5,6)7)18-12-10-17(11-13-18)15(3)4/h10-13,15-16,19,21H,8-9,14H2,1-7H3. The quantitative estimate of drug-likeness (QED) is 0.677. The zero-order chi connectivity index (χ0) is 16.0. The van der Waals surface area contributed by atoms with Gasteiger partial charge in [0.2, 0.25) is 0 Å². The fourth-order valence-corrected chi connectivity index (χ4v) is 2.96. The van der Waals surface area contributed by atoms with E-state index in [-0.39, 0.29) is 5.54 Å². The predicted molar refractivity (Wildman–Crippen MR) is 95.1 cm³/mol. The van der Waals surface area contributed by atoms with Gasteiger partial charge >= 0.3 is 0 Å². The summed E-state index contributed by atoms with van der Waals surface area (Å²) >= 11 is 0. The second-order valence-corrected chi connectivity index (χ2v) is 7.64. The molecule has 0 aliphatic heterocycles.